The van der Waals surface area contributed by atoms with Gasteiger partial charge >= 0.3 is 29.3 Å². The molecular formula is C115H89BrLiN9O9S. The normalized spacial score (nSPS) is 14.3. The Balaban J connectivity index is 0.000000117. The average molecular weight is 1860 g/mol. The number of hydrogen-bond donors (Lipinski definition) is 4. The number of carbonyl (C=O) groups excluding carboxylic acids is 1. The van der Waals surface area contributed by atoms with Crippen molar-refractivity contribution in [2.45, 2.75) is 50.5 Å². The number of ketones is 1. The van der Waals surface area contributed by atoms with Gasteiger partial charge < -0.3 is 35.6 Å². The largest absolute Gasteiger partial charge is 1.00 e. The fraction of sp³-hybridized carbons (Fsp3) is 0.0870. The molecule has 2 unspecified atom stereocenters. The molecule has 26 rings (SSSR count). The number of carboxylic acid groups (broad SMARTS) is 1. The number of carbonyl (C=O) groups is 2. The van der Waals surface area contributed by atoms with Gasteiger partial charge in [-0.1, -0.05) is 335 Å². The Hall–Kier alpha value is -15.1. The molecule has 1 fully saturated rings. The maximum Gasteiger partial charge on any atom is 1.00 e. The zero-order chi connectivity index (χ0) is 92.9. The quantitative estimate of drug-likeness (QED) is 0.0658. The van der Waals surface area contributed by atoms with Crippen LogP contribution in [0.25, 0.3) is 150 Å². The van der Waals surface area contributed by atoms with Gasteiger partial charge in [-0.3, -0.25) is 18.7 Å². The first kappa shape index (κ1) is 91.4. The number of fused-ring (bicyclic) bond motifs is 24. The Bertz CT molecular complexity index is 8070. The average Bonchev–Trinajstić information content (AvgIpc) is 1.49. The number of aliphatic hydroxyl groups is 1. The molecule has 2 atom stereocenters. The molecule has 15 aromatic carbocycles. The van der Waals surface area contributed by atoms with Crippen LogP contribution in [-0.4, -0.2) is 96.3 Å². The van der Waals surface area contributed by atoms with Gasteiger partial charge in [0.1, 0.15) is 5.69 Å². The van der Waals surface area contributed by atoms with Crippen molar-refractivity contribution in [3.8, 4) is 84.6 Å². The minimum atomic E-state index is -4.67. The SMILES string of the molecule is Brc1ccccc1-n1c2ccccc2c2ccccc21.C1CCOC1.CC(=O)O.O=C1c2ccccc2-c2cnc(-c3ccccc3)nc21.O=S(=O)(O)O.OC1(c2ccccc2-n2c3ccccc3c3ccccc32)c2ccccc2-c2cnc(-c3ccccc3)nc21.[CH2-]CCC.[Li+].c1ccc(-c2ncc3c(n2)C2(c4ccccc4-3)c3ccccc3-n3c4ccccc4c4cccc2c43)cc1. The number of halogens is 1. The third kappa shape index (κ3) is 17.1. The predicted octanol–water partition coefficient (Wildman–Crippen LogP) is 23.2. The summed E-state index contributed by atoms with van der Waals surface area (Å²) < 4.78 is 44.7. The van der Waals surface area contributed by atoms with Gasteiger partial charge in [0.05, 0.1) is 67.0 Å². The van der Waals surface area contributed by atoms with Crippen LogP contribution in [0.1, 0.15) is 94.8 Å². The van der Waals surface area contributed by atoms with Gasteiger partial charge in [-0.2, -0.15) is 14.8 Å². The van der Waals surface area contributed by atoms with Crippen LogP contribution in [0.4, 0.5) is 0 Å². The molecule has 1 spiro atoms. The number of benzene rings is 15. The summed E-state index contributed by atoms with van der Waals surface area (Å²) in [4.78, 5) is 50.3. The zero-order valence-corrected chi connectivity index (χ0v) is 77.0. The molecule has 5 aliphatic rings. The topological polar surface area (TPSA) is 251 Å². The van der Waals surface area contributed by atoms with Gasteiger partial charge in [-0.15, -0.1) is 0 Å². The Morgan fingerprint density at radius 3 is 1.19 bits per heavy atom. The van der Waals surface area contributed by atoms with E-state index in [-0.39, 0.29) is 24.6 Å². The standard InChI is InChI=1S/C35H23N3O.C35H21N3.C18H12BrN.C17H10N2O.C4H8O.C4H9.C2H4O2.Li.H2O4S/c39-35(28-17-7-4-14-24(28)27-22-36-34(37-33(27)35)23-12-2-1-3-13-23)29-18-8-11-21-32(29)38-30-19-9-5-15-25(30)26-16-6-10-20-31(26)38;1-2-11-22(12-3-1)34-36-21-26-23-13-4-6-16-27(23)35(33(26)37-34)28-17-7-9-20-31(28)38-30-19-8-5-14-24(30)25-15-10-18-29(35)32(25)38;19-15-9-3-6-12-18(15)20-16-10-4-1-7-13(16)14-8-2-5-11-17(14)20;20-16-13-9-5-4-8-12(13)14-10-18-17(19-15(14)16)11-6-2-1-3-7-11;1-2-4-5-3-1;1-3-4-2;1-2(3)4;;1-5(2,3)4/h1-22,39H;1-21H;1-12H;1-10H;1-4H2;1,3-4H2,2H3;1H3,(H,3,4);;(H2,1,2,3,4)/q;;;;;-1;;+1;. The van der Waals surface area contributed by atoms with Crippen molar-refractivity contribution in [2.75, 3.05) is 13.2 Å². The third-order valence-electron chi connectivity index (χ3n) is 24.7. The second kappa shape index (κ2) is 39.6. The second-order valence-corrected chi connectivity index (χ2v) is 34.6. The van der Waals surface area contributed by atoms with Crippen LogP contribution in [0.5, 0.6) is 0 Å². The van der Waals surface area contributed by atoms with Crippen molar-refractivity contribution in [1.82, 2.24) is 43.6 Å². The van der Waals surface area contributed by atoms with E-state index in [2.05, 4.69) is 278 Å². The number of aromatic nitrogens is 9. The van der Waals surface area contributed by atoms with Crippen LogP contribution < -0.4 is 18.9 Å². The van der Waals surface area contributed by atoms with Crippen molar-refractivity contribution in [3.05, 3.63) is 457 Å². The van der Waals surface area contributed by atoms with E-state index in [4.69, 9.17) is 52.1 Å². The molecule has 0 amide bonds. The Kier molecular flexibility index (Phi) is 26.6. The molecular weight excluding hydrogens is 1770 g/mol. The van der Waals surface area contributed by atoms with Gasteiger partial charge in [0, 0.05) is 126 Å². The minimum Gasteiger partial charge on any atom is -0.481 e. The van der Waals surface area contributed by atoms with Crippen molar-refractivity contribution in [3.63, 3.8) is 0 Å². The summed E-state index contributed by atoms with van der Waals surface area (Å²) in [5.41, 5.74) is 25.4. The number of aliphatic carboxylic acids is 1. The van der Waals surface area contributed by atoms with Crippen LogP contribution in [-0.2, 0) is 30.9 Å². The molecule has 18 nitrogen and oxygen atoms in total. The molecule has 3 aliphatic carbocycles. The molecule has 0 saturated carbocycles. The first-order valence-electron chi connectivity index (χ1n) is 44.5. The smallest absolute Gasteiger partial charge is 0.481 e. The van der Waals surface area contributed by atoms with Gasteiger partial charge in [-0.05, 0) is 117 Å². The first-order chi connectivity index (χ1) is 66.0. The van der Waals surface area contributed by atoms with E-state index >= 15 is 0 Å². The van der Waals surface area contributed by atoms with E-state index in [0.29, 0.717) is 28.6 Å². The van der Waals surface area contributed by atoms with Crippen molar-refractivity contribution >= 4 is 103 Å². The van der Waals surface area contributed by atoms with Gasteiger partial charge in [0.15, 0.2) is 23.1 Å². The summed E-state index contributed by atoms with van der Waals surface area (Å²) in [6.45, 7) is 8.81. The van der Waals surface area contributed by atoms with Crippen LogP contribution in [0, 0.1) is 6.92 Å². The Morgan fingerprint density at radius 2 is 0.721 bits per heavy atom. The van der Waals surface area contributed by atoms with Crippen LogP contribution >= 0.6 is 15.9 Å². The van der Waals surface area contributed by atoms with E-state index in [9.17, 15) is 9.90 Å². The molecule has 0 radical (unpaired) electrons. The van der Waals surface area contributed by atoms with Gasteiger partial charge in [-0.25, -0.2) is 29.9 Å². The third-order valence-corrected chi connectivity index (χ3v) is 25.4. The fourth-order valence-corrected chi connectivity index (χ4v) is 19.5. The Labute approximate surface area is 806 Å². The summed E-state index contributed by atoms with van der Waals surface area (Å²) in [6.07, 6.45) is 10.5. The first-order valence-corrected chi connectivity index (χ1v) is 46.7. The van der Waals surface area contributed by atoms with Crippen molar-refractivity contribution < 1.29 is 60.9 Å². The second-order valence-electron chi connectivity index (χ2n) is 32.8. The molecule has 6 aromatic heterocycles. The van der Waals surface area contributed by atoms with E-state index in [0.717, 1.165) is 115 Å². The number of nitrogens with zero attached hydrogens (tertiary/aromatic N) is 9. The monoisotopic (exact) mass is 1860 g/mol. The van der Waals surface area contributed by atoms with Crippen LogP contribution in [0.2, 0.25) is 0 Å². The summed E-state index contributed by atoms with van der Waals surface area (Å²) in [6, 6.07) is 129. The van der Waals surface area contributed by atoms with E-state index in [1.165, 1.54) is 107 Å². The molecule has 8 heterocycles. The number of ether oxygens (including phenoxy) is 1. The van der Waals surface area contributed by atoms with E-state index in [1.807, 2.05) is 164 Å². The molecule has 21 aromatic rings. The number of unbranched alkanes of at least 4 members (excludes halogenated alkanes) is 1. The molecule has 2 aliphatic heterocycles. The number of rotatable bonds is 7. The summed E-state index contributed by atoms with van der Waals surface area (Å²) in [5, 5.41) is 27.9. The van der Waals surface area contributed by atoms with Crippen molar-refractivity contribution in [2.24, 2.45) is 0 Å². The molecule has 0 bridgehead atoms. The Morgan fingerprint density at radius 1 is 0.390 bits per heavy atom. The summed E-state index contributed by atoms with van der Waals surface area (Å²) >= 11 is 3.67. The molecule has 4 N–H and O–H groups in total. The number of hydrogen-bond acceptors (Lipinski definition) is 12. The summed E-state index contributed by atoms with van der Waals surface area (Å²) in [5.74, 6) is 1.09. The van der Waals surface area contributed by atoms with Gasteiger partial charge in [0.25, 0.3) is 5.97 Å². The number of para-hydroxylation sites is 9. The van der Waals surface area contributed by atoms with E-state index in [1.54, 1.807) is 6.20 Å². The van der Waals surface area contributed by atoms with Crippen molar-refractivity contribution in [1.29, 1.82) is 0 Å². The maximum absolute atomic E-state index is 13.0. The summed E-state index contributed by atoms with van der Waals surface area (Å²) in [7, 11) is -4.67. The van der Waals surface area contributed by atoms with E-state index < -0.39 is 27.4 Å². The molecule has 21 heteroatoms. The molecule has 136 heavy (non-hydrogen) atoms. The maximum atomic E-state index is 13.0. The molecule has 1 saturated heterocycles. The molecule has 662 valence electrons. The minimum absolute atomic E-state index is 0. The number of carboxylic acids is 1. The zero-order valence-electron chi connectivity index (χ0n) is 74.6. The van der Waals surface area contributed by atoms with Gasteiger partial charge in [0.2, 0.25) is 5.78 Å². The van der Waals surface area contributed by atoms with Crippen LogP contribution in [0.3, 0.4) is 0 Å². The fourth-order valence-electron chi connectivity index (χ4n) is 19.0. The predicted molar refractivity (Wildman–Crippen MR) is 541 cm³/mol. The van der Waals surface area contributed by atoms with Crippen LogP contribution in [0.15, 0.2) is 399 Å².